The normalized spacial score (nSPS) is 18.1. The lowest BCUT2D eigenvalue weighted by Crippen LogP contribution is -2.43. The van der Waals surface area contributed by atoms with Crippen molar-refractivity contribution in [3.05, 3.63) is 48.6 Å². The summed E-state index contributed by atoms with van der Waals surface area (Å²) in [5.74, 6) is -1.29. The van der Waals surface area contributed by atoms with Gasteiger partial charge in [0.1, 0.15) is 12.9 Å². The van der Waals surface area contributed by atoms with Crippen LogP contribution in [-0.2, 0) is 28.2 Å². The fourth-order valence-electron chi connectivity index (χ4n) is 2.84. The summed E-state index contributed by atoms with van der Waals surface area (Å²) in [5, 5.41) is 3.17. The van der Waals surface area contributed by atoms with E-state index in [1.54, 1.807) is 24.3 Å². The molecule has 1 fully saturated rings. The summed E-state index contributed by atoms with van der Waals surface area (Å²) in [6.45, 7) is 6.16. The molecule has 34 heavy (non-hydrogen) atoms. The maximum Gasteiger partial charge on any atom is 0.342 e. The van der Waals surface area contributed by atoms with Crippen molar-refractivity contribution in [2.24, 2.45) is 0 Å². The number of nitrogens with zero attached hydrogens (tertiary/aromatic N) is 1. The molecule has 1 rings (SSSR count). The van der Waals surface area contributed by atoms with Crippen molar-refractivity contribution < 1.29 is 33.0 Å². The molecule has 0 aliphatic carbocycles. The number of unbranched alkanes of at least 4 members (excludes halogenated alkanes) is 2. The van der Waals surface area contributed by atoms with E-state index in [0.29, 0.717) is 13.1 Å². The Bertz CT molecular complexity index is 758. The summed E-state index contributed by atoms with van der Waals surface area (Å²) in [5.41, 5.74) is 0. The van der Waals surface area contributed by atoms with Crippen molar-refractivity contribution in [3.63, 3.8) is 0 Å². The second-order valence-electron chi connectivity index (χ2n) is 7.78. The Balaban J connectivity index is 2.65. The van der Waals surface area contributed by atoms with Crippen LogP contribution < -0.4 is 5.32 Å². The number of hydrogen-bond acceptors (Lipinski definition) is 8. The molecule has 192 valence electrons. The van der Waals surface area contributed by atoms with Crippen molar-refractivity contribution in [2.75, 3.05) is 45.7 Å². The fourth-order valence-corrected chi connectivity index (χ4v) is 4.11. The summed E-state index contributed by atoms with van der Waals surface area (Å²) in [6, 6.07) is 0. The standard InChI is InChI=1S/C24H39N2O7P/c1-3-5-7-9-11-13-23(27)31-19-22(33-24(28)14-12-10-8-6-4-2)20-32-34(29,30)21-26-17-15-25-16-18-26/h7-14,22,25H,3-6,15-21H2,1-2H3,(H,29,30)/t22-/m1/s1. The number of rotatable bonds is 16. The monoisotopic (exact) mass is 498 g/mol. The number of allylic oxidation sites excluding steroid dienone is 6. The van der Waals surface area contributed by atoms with E-state index < -0.39 is 25.6 Å². The molecule has 0 saturated carbocycles. The first-order valence-electron chi connectivity index (χ1n) is 11.8. The van der Waals surface area contributed by atoms with Gasteiger partial charge in [-0.1, -0.05) is 63.1 Å². The van der Waals surface area contributed by atoms with Gasteiger partial charge in [0.15, 0.2) is 6.10 Å². The van der Waals surface area contributed by atoms with Crippen LogP contribution in [0.4, 0.5) is 0 Å². The van der Waals surface area contributed by atoms with Crippen LogP contribution in [-0.4, -0.2) is 73.5 Å². The van der Waals surface area contributed by atoms with Crippen molar-refractivity contribution in [2.45, 2.75) is 45.6 Å². The highest BCUT2D eigenvalue weighted by Gasteiger charge is 2.27. The van der Waals surface area contributed by atoms with Gasteiger partial charge in [-0.2, -0.15) is 0 Å². The molecule has 10 heteroatoms. The molecule has 0 aromatic carbocycles. The number of esters is 2. The van der Waals surface area contributed by atoms with Gasteiger partial charge >= 0.3 is 19.5 Å². The third-order valence-electron chi connectivity index (χ3n) is 4.61. The van der Waals surface area contributed by atoms with Crippen LogP contribution >= 0.6 is 7.60 Å². The number of ether oxygens (including phenoxy) is 2. The lowest BCUT2D eigenvalue weighted by Gasteiger charge is -2.28. The molecule has 0 amide bonds. The lowest BCUT2D eigenvalue weighted by molar-refractivity contribution is -0.154. The Kier molecular flexibility index (Phi) is 16.2. The maximum absolute atomic E-state index is 12.5. The van der Waals surface area contributed by atoms with Gasteiger partial charge in [0, 0.05) is 38.3 Å². The Morgan fingerprint density at radius 1 is 0.971 bits per heavy atom. The van der Waals surface area contributed by atoms with Gasteiger partial charge in [-0.15, -0.1) is 0 Å². The van der Waals surface area contributed by atoms with E-state index in [1.165, 1.54) is 12.2 Å². The lowest BCUT2D eigenvalue weighted by atomic mass is 10.3. The van der Waals surface area contributed by atoms with Crippen LogP contribution in [0.25, 0.3) is 0 Å². The van der Waals surface area contributed by atoms with Gasteiger partial charge in [0.25, 0.3) is 0 Å². The molecule has 1 aliphatic heterocycles. The van der Waals surface area contributed by atoms with Crippen molar-refractivity contribution in [1.82, 2.24) is 10.2 Å². The third kappa shape index (κ3) is 15.7. The molecule has 1 aliphatic rings. The van der Waals surface area contributed by atoms with Gasteiger partial charge in [-0.25, -0.2) is 9.59 Å². The molecule has 0 bridgehead atoms. The second kappa shape index (κ2) is 18.3. The average Bonchev–Trinajstić information content (AvgIpc) is 2.81. The summed E-state index contributed by atoms with van der Waals surface area (Å²) < 4.78 is 28.1. The average molecular weight is 499 g/mol. The predicted octanol–water partition coefficient (Wildman–Crippen LogP) is 3.33. The number of piperazine rings is 1. The van der Waals surface area contributed by atoms with Gasteiger partial charge in [0.2, 0.25) is 0 Å². The molecular formula is C24H39N2O7P. The molecule has 0 radical (unpaired) electrons. The molecule has 1 heterocycles. The van der Waals surface area contributed by atoms with E-state index in [4.69, 9.17) is 14.0 Å². The van der Waals surface area contributed by atoms with Crippen LogP contribution in [0.2, 0.25) is 0 Å². The highest BCUT2D eigenvalue weighted by Crippen LogP contribution is 2.42. The zero-order valence-corrected chi connectivity index (χ0v) is 21.2. The molecule has 2 atom stereocenters. The minimum absolute atomic E-state index is 0.121. The van der Waals surface area contributed by atoms with Gasteiger partial charge in [-0.3, -0.25) is 9.46 Å². The largest absolute Gasteiger partial charge is 0.458 e. The quantitative estimate of drug-likeness (QED) is 0.143. The van der Waals surface area contributed by atoms with Crippen LogP contribution in [0.3, 0.4) is 0 Å². The summed E-state index contributed by atoms with van der Waals surface area (Å²) in [6.07, 6.45) is 15.6. The smallest absolute Gasteiger partial charge is 0.342 e. The highest BCUT2D eigenvalue weighted by molar-refractivity contribution is 7.52. The van der Waals surface area contributed by atoms with E-state index in [0.717, 1.165) is 38.8 Å². The zero-order valence-electron chi connectivity index (χ0n) is 20.3. The Morgan fingerprint density at radius 2 is 1.56 bits per heavy atom. The van der Waals surface area contributed by atoms with E-state index in [9.17, 15) is 19.0 Å². The molecule has 0 aromatic rings. The Hall–Kier alpha value is -2.03. The van der Waals surface area contributed by atoms with Crippen molar-refractivity contribution in [1.29, 1.82) is 0 Å². The highest BCUT2D eigenvalue weighted by atomic mass is 31.2. The van der Waals surface area contributed by atoms with Crippen LogP contribution in [0, 0.1) is 0 Å². The van der Waals surface area contributed by atoms with Crippen LogP contribution in [0.15, 0.2) is 48.6 Å². The summed E-state index contributed by atoms with van der Waals surface area (Å²) >= 11 is 0. The van der Waals surface area contributed by atoms with E-state index >= 15 is 0 Å². The molecule has 2 N–H and O–H groups in total. The molecule has 1 unspecified atom stereocenters. The van der Waals surface area contributed by atoms with E-state index in [-0.39, 0.29) is 19.5 Å². The maximum atomic E-state index is 12.5. The third-order valence-corrected chi connectivity index (χ3v) is 5.92. The predicted molar refractivity (Wildman–Crippen MR) is 132 cm³/mol. The summed E-state index contributed by atoms with van der Waals surface area (Å²) in [4.78, 5) is 36.1. The molecule has 0 aromatic heterocycles. The van der Waals surface area contributed by atoms with Crippen molar-refractivity contribution in [3.8, 4) is 0 Å². The minimum atomic E-state index is -3.95. The molecule has 9 nitrogen and oxygen atoms in total. The number of hydrogen-bond donors (Lipinski definition) is 2. The fraction of sp³-hybridized carbons (Fsp3) is 0.583. The summed E-state index contributed by atoms with van der Waals surface area (Å²) in [7, 11) is -3.95. The molecule has 1 saturated heterocycles. The number of carbonyl (C=O) groups excluding carboxylic acids is 2. The minimum Gasteiger partial charge on any atom is -0.458 e. The van der Waals surface area contributed by atoms with Gasteiger partial charge < -0.3 is 24.2 Å². The first-order valence-corrected chi connectivity index (χ1v) is 13.6. The van der Waals surface area contributed by atoms with Crippen LogP contribution in [0.1, 0.15) is 39.5 Å². The van der Waals surface area contributed by atoms with E-state index in [2.05, 4.69) is 12.2 Å². The number of carbonyl (C=O) groups is 2. The number of nitrogens with one attached hydrogen (secondary N) is 1. The van der Waals surface area contributed by atoms with E-state index in [1.807, 2.05) is 24.0 Å². The van der Waals surface area contributed by atoms with Crippen molar-refractivity contribution >= 4 is 19.5 Å². The Morgan fingerprint density at radius 3 is 2.15 bits per heavy atom. The van der Waals surface area contributed by atoms with Gasteiger partial charge in [0.05, 0.1) is 6.61 Å². The van der Waals surface area contributed by atoms with Crippen LogP contribution in [0.5, 0.6) is 0 Å². The molecule has 0 spiro atoms. The zero-order chi connectivity index (χ0) is 25.1. The topological polar surface area (TPSA) is 114 Å². The van der Waals surface area contributed by atoms with Gasteiger partial charge in [-0.05, 0) is 12.8 Å². The first kappa shape index (κ1) is 30.0. The molecular weight excluding hydrogens is 459 g/mol. The second-order valence-corrected chi connectivity index (χ2v) is 9.60. The first-order chi connectivity index (χ1) is 16.4. The SMILES string of the molecule is CCCC=CC=CC(=O)OC[C@H](COP(=O)(O)CN1CCNCC1)OC(=O)C=CC=CCCC. The Labute approximate surface area is 203 Å².